The third-order valence-corrected chi connectivity index (χ3v) is 5.17. The molecule has 1 saturated heterocycles. The summed E-state index contributed by atoms with van der Waals surface area (Å²) in [6.07, 6.45) is 3.07. The first-order valence-corrected chi connectivity index (χ1v) is 8.98. The van der Waals surface area contributed by atoms with Gasteiger partial charge in [-0.3, -0.25) is 4.79 Å². The third-order valence-electron chi connectivity index (χ3n) is 5.17. The van der Waals surface area contributed by atoms with Crippen LogP contribution in [0.2, 0.25) is 0 Å². The van der Waals surface area contributed by atoms with Gasteiger partial charge in [0.05, 0.1) is 11.3 Å². The third kappa shape index (κ3) is 3.95. The van der Waals surface area contributed by atoms with Gasteiger partial charge in [0.25, 0.3) is 0 Å². The van der Waals surface area contributed by atoms with Crippen molar-refractivity contribution >= 4 is 11.9 Å². The summed E-state index contributed by atoms with van der Waals surface area (Å²) < 4.78 is 5.16. The zero-order valence-electron chi connectivity index (χ0n) is 15.2. The lowest BCUT2D eigenvalue weighted by atomic mass is 9.90. The van der Waals surface area contributed by atoms with E-state index in [1.165, 1.54) is 0 Å². The van der Waals surface area contributed by atoms with Crippen LogP contribution in [0.15, 0.2) is 28.8 Å². The molecule has 2 aromatic rings. The number of aromatic nitrogens is 1. The Kier molecular flexibility index (Phi) is 5.40. The van der Waals surface area contributed by atoms with Crippen LogP contribution in [0.3, 0.4) is 0 Å². The molecule has 0 spiro atoms. The number of aromatic carboxylic acids is 1. The fourth-order valence-electron chi connectivity index (χ4n) is 3.62. The highest BCUT2D eigenvalue weighted by Crippen LogP contribution is 2.28. The number of likely N-dealkylation sites (tertiary alicyclic amines) is 1. The molecule has 3 rings (SSSR count). The lowest BCUT2D eigenvalue weighted by Gasteiger charge is -2.33. The van der Waals surface area contributed by atoms with E-state index in [-0.39, 0.29) is 17.4 Å². The molecule has 0 bridgehead atoms. The molecule has 1 aliphatic rings. The van der Waals surface area contributed by atoms with E-state index in [0.717, 1.165) is 42.0 Å². The van der Waals surface area contributed by atoms with Crippen molar-refractivity contribution < 1.29 is 19.2 Å². The van der Waals surface area contributed by atoms with E-state index >= 15 is 0 Å². The summed E-state index contributed by atoms with van der Waals surface area (Å²) in [5, 5.41) is 12.9. The van der Waals surface area contributed by atoms with Gasteiger partial charge in [-0.05, 0) is 50.8 Å². The van der Waals surface area contributed by atoms with E-state index in [9.17, 15) is 9.59 Å². The first-order chi connectivity index (χ1) is 12.5. The average Bonchev–Trinajstić information content (AvgIpc) is 2.97. The largest absolute Gasteiger partial charge is 0.478 e. The van der Waals surface area contributed by atoms with Gasteiger partial charge in [0.15, 0.2) is 0 Å². The summed E-state index contributed by atoms with van der Waals surface area (Å²) in [6.45, 7) is 5.24. The van der Waals surface area contributed by atoms with Crippen LogP contribution >= 0.6 is 0 Å². The van der Waals surface area contributed by atoms with Crippen LogP contribution in [0.1, 0.15) is 58.1 Å². The Bertz CT molecular complexity index is 775. The van der Waals surface area contributed by atoms with Crippen LogP contribution in [-0.4, -0.2) is 40.1 Å². The van der Waals surface area contributed by atoms with Crippen molar-refractivity contribution in [3.63, 3.8) is 0 Å². The molecule has 1 aliphatic heterocycles. The van der Waals surface area contributed by atoms with Crippen molar-refractivity contribution in [3.05, 3.63) is 52.4 Å². The molecule has 0 saturated carbocycles. The Morgan fingerprint density at radius 3 is 2.62 bits per heavy atom. The normalized spacial score (nSPS) is 17.3. The second-order valence-electron chi connectivity index (χ2n) is 6.91. The lowest BCUT2D eigenvalue weighted by Crippen LogP contribution is -2.39. The number of amides is 1. The van der Waals surface area contributed by atoms with E-state index in [1.54, 1.807) is 12.1 Å². The zero-order chi connectivity index (χ0) is 18.7. The topological polar surface area (TPSA) is 83.6 Å². The Balaban J connectivity index is 1.60. The monoisotopic (exact) mass is 356 g/mol. The van der Waals surface area contributed by atoms with Gasteiger partial charge >= 0.3 is 5.97 Å². The fourth-order valence-corrected chi connectivity index (χ4v) is 3.62. The number of carbonyl (C=O) groups excluding carboxylic acids is 1. The predicted octanol–water partition coefficient (Wildman–Crippen LogP) is 3.33. The molecule has 6 nitrogen and oxygen atoms in total. The van der Waals surface area contributed by atoms with E-state index < -0.39 is 5.97 Å². The molecule has 138 valence electrons. The quantitative estimate of drug-likeness (QED) is 0.888. The minimum absolute atomic E-state index is 0.150. The second-order valence-corrected chi connectivity index (χ2v) is 6.91. The SMILES string of the molecule is Cc1noc(C)c1CCC(=O)N1CCCC(c2ccc(C(=O)O)cc2)C1. The number of hydrogen-bond donors (Lipinski definition) is 1. The van der Waals surface area contributed by atoms with Gasteiger partial charge in [-0.25, -0.2) is 4.79 Å². The maximum absolute atomic E-state index is 12.6. The Hall–Kier alpha value is -2.63. The Morgan fingerprint density at radius 2 is 2.00 bits per heavy atom. The Labute approximate surface area is 152 Å². The standard InChI is InChI=1S/C20H24N2O4/c1-13-18(14(2)26-21-13)9-10-19(23)22-11-3-4-17(12-22)15-5-7-16(8-6-15)20(24)25/h5-8,17H,3-4,9-12H2,1-2H3,(H,24,25). The second kappa shape index (κ2) is 7.72. The minimum Gasteiger partial charge on any atom is -0.478 e. The van der Waals surface area contributed by atoms with E-state index in [2.05, 4.69) is 5.16 Å². The molecule has 1 amide bonds. The van der Waals surface area contributed by atoms with E-state index in [4.69, 9.17) is 9.63 Å². The highest BCUT2D eigenvalue weighted by Gasteiger charge is 2.25. The summed E-state index contributed by atoms with van der Waals surface area (Å²) >= 11 is 0. The average molecular weight is 356 g/mol. The number of carbonyl (C=O) groups is 2. The number of hydrogen-bond acceptors (Lipinski definition) is 4. The van der Waals surface area contributed by atoms with Gasteiger partial charge in [-0.1, -0.05) is 17.3 Å². The van der Waals surface area contributed by atoms with E-state index in [1.807, 2.05) is 30.9 Å². The van der Waals surface area contributed by atoms with Crippen LogP contribution < -0.4 is 0 Å². The molecule has 6 heteroatoms. The van der Waals surface area contributed by atoms with Crippen LogP contribution in [0.5, 0.6) is 0 Å². The number of nitrogens with zero attached hydrogens (tertiary/aromatic N) is 2. The fraction of sp³-hybridized carbons (Fsp3) is 0.450. The zero-order valence-corrected chi connectivity index (χ0v) is 15.2. The predicted molar refractivity (Wildman–Crippen MR) is 96.3 cm³/mol. The number of carboxylic acid groups (broad SMARTS) is 1. The van der Waals surface area contributed by atoms with Gasteiger partial charge in [0.1, 0.15) is 5.76 Å². The van der Waals surface area contributed by atoms with Crippen molar-refractivity contribution in [2.24, 2.45) is 0 Å². The first kappa shape index (κ1) is 18.2. The smallest absolute Gasteiger partial charge is 0.335 e. The van der Waals surface area contributed by atoms with Gasteiger partial charge in [0.2, 0.25) is 5.91 Å². The molecular formula is C20H24N2O4. The molecule has 26 heavy (non-hydrogen) atoms. The van der Waals surface area contributed by atoms with Crippen LogP contribution in [-0.2, 0) is 11.2 Å². The number of aryl methyl sites for hydroxylation is 2. The minimum atomic E-state index is -0.920. The van der Waals surface area contributed by atoms with Gasteiger partial charge in [-0.15, -0.1) is 0 Å². The van der Waals surface area contributed by atoms with Gasteiger partial charge in [0, 0.05) is 31.0 Å². The van der Waals surface area contributed by atoms with Crippen LogP contribution in [0.4, 0.5) is 0 Å². The molecular weight excluding hydrogens is 332 g/mol. The lowest BCUT2D eigenvalue weighted by molar-refractivity contribution is -0.132. The molecule has 0 radical (unpaired) electrons. The van der Waals surface area contributed by atoms with Crippen LogP contribution in [0, 0.1) is 13.8 Å². The molecule has 1 N–H and O–H groups in total. The number of benzene rings is 1. The number of piperidine rings is 1. The Morgan fingerprint density at radius 1 is 1.27 bits per heavy atom. The summed E-state index contributed by atoms with van der Waals surface area (Å²) in [5.41, 5.74) is 3.26. The molecule has 1 fully saturated rings. The van der Waals surface area contributed by atoms with Gasteiger partial charge < -0.3 is 14.5 Å². The first-order valence-electron chi connectivity index (χ1n) is 8.98. The van der Waals surface area contributed by atoms with Crippen molar-refractivity contribution in [2.45, 2.75) is 45.4 Å². The molecule has 1 aromatic carbocycles. The molecule has 1 unspecified atom stereocenters. The highest BCUT2D eigenvalue weighted by atomic mass is 16.5. The van der Waals surface area contributed by atoms with Crippen LogP contribution in [0.25, 0.3) is 0 Å². The maximum atomic E-state index is 12.6. The van der Waals surface area contributed by atoms with Crippen molar-refractivity contribution in [3.8, 4) is 0 Å². The summed E-state index contributed by atoms with van der Waals surface area (Å²) in [4.78, 5) is 25.5. The summed E-state index contributed by atoms with van der Waals surface area (Å²) in [5.74, 6) is 0.271. The van der Waals surface area contributed by atoms with Crippen molar-refractivity contribution in [1.29, 1.82) is 0 Å². The van der Waals surface area contributed by atoms with Crippen molar-refractivity contribution in [1.82, 2.24) is 10.1 Å². The maximum Gasteiger partial charge on any atom is 0.335 e. The van der Waals surface area contributed by atoms with Crippen molar-refractivity contribution in [2.75, 3.05) is 13.1 Å². The molecule has 1 aromatic heterocycles. The number of rotatable bonds is 5. The van der Waals surface area contributed by atoms with Gasteiger partial charge in [-0.2, -0.15) is 0 Å². The molecule has 2 heterocycles. The molecule has 1 atom stereocenters. The number of carboxylic acids is 1. The molecule has 0 aliphatic carbocycles. The summed E-state index contributed by atoms with van der Waals surface area (Å²) in [7, 11) is 0. The summed E-state index contributed by atoms with van der Waals surface area (Å²) in [6, 6.07) is 7.00. The highest BCUT2D eigenvalue weighted by molar-refractivity contribution is 5.87. The van der Waals surface area contributed by atoms with E-state index in [0.29, 0.717) is 19.4 Å².